The van der Waals surface area contributed by atoms with Gasteiger partial charge in [-0.15, -0.1) is 0 Å². The van der Waals surface area contributed by atoms with E-state index >= 15 is 0 Å². The van der Waals surface area contributed by atoms with Crippen molar-refractivity contribution in [3.05, 3.63) is 59.4 Å². The van der Waals surface area contributed by atoms with Crippen LogP contribution in [0.5, 0.6) is 17.5 Å². The first kappa shape index (κ1) is 19.3. The van der Waals surface area contributed by atoms with Crippen molar-refractivity contribution >= 4 is 23.0 Å². The SMILES string of the molecule is COc1cccc(N2CCN(c3cc(O)n(-c4ccc(F)c(Cl)c4)c3O)CC2)c1. The fraction of sp³-hybridized carbons (Fsp3) is 0.238. The molecule has 1 aliphatic heterocycles. The van der Waals surface area contributed by atoms with Crippen molar-refractivity contribution < 1.29 is 19.3 Å². The predicted octanol–water partition coefficient (Wildman–Crippen LogP) is 4.02. The van der Waals surface area contributed by atoms with Crippen molar-refractivity contribution in [2.45, 2.75) is 0 Å². The minimum absolute atomic E-state index is 0.0801. The summed E-state index contributed by atoms with van der Waals surface area (Å²) >= 11 is 5.84. The molecule has 0 unspecified atom stereocenters. The number of nitrogens with zero attached hydrogens (tertiary/aromatic N) is 3. The predicted molar refractivity (Wildman–Crippen MR) is 111 cm³/mol. The highest BCUT2D eigenvalue weighted by atomic mass is 35.5. The summed E-state index contributed by atoms with van der Waals surface area (Å²) in [5.41, 5.74) is 1.98. The Balaban J connectivity index is 1.54. The van der Waals surface area contributed by atoms with Crippen molar-refractivity contribution in [2.24, 2.45) is 0 Å². The van der Waals surface area contributed by atoms with Gasteiger partial charge in [0.25, 0.3) is 0 Å². The first-order valence-electron chi connectivity index (χ1n) is 9.21. The molecule has 29 heavy (non-hydrogen) atoms. The van der Waals surface area contributed by atoms with Crippen molar-refractivity contribution in [2.75, 3.05) is 43.1 Å². The van der Waals surface area contributed by atoms with Gasteiger partial charge in [0.15, 0.2) is 0 Å². The molecule has 0 radical (unpaired) electrons. The highest BCUT2D eigenvalue weighted by Crippen LogP contribution is 2.39. The molecule has 0 spiro atoms. The van der Waals surface area contributed by atoms with Crippen LogP contribution in [-0.2, 0) is 0 Å². The molecule has 1 saturated heterocycles. The lowest BCUT2D eigenvalue weighted by molar-refractivity contribution is 0.402. The average molecular weight is 418 g/mol. The number of aromatic nitrogens is 1. The lowest BCUT2D eigenvalue weighted by Gasteiger charge is -2.37. The third-order valence-corrected chi connectivity index (χ3v) is 5.43. The number of methoxy groups -OCH3 is 1. The molecule has 0 bridgehead atoms. The van der Waals surface area contributed by atoms with Crippen molar-refractivity contribution in [1.29, 1.82) is 0 Å². The lowest BCUT2D eigenvalue weighted by Crippen LogP contribution is -2.46. The summed E-state index contributed by atoms with van der Waals surface area (Å²) in [4.78, 5) is 4.25. The smallest absolute Gasteiger partial charge is 0.223 e. The summed E-state index contributed by atoms with van der Waals surface area (Å²) < 4.78 is 20.0. The van der Waals surface area contributed by atoms with Crippen molar-refractivity contribution in [3.8, 4) is 23.2 Å². The molecule has 2 N–H and O–H groups in total. The van der Waals surface area contributed by atoms with Crippen LogP contribution in [0.3, 0.4) is 0 Å². The number of rotatable bonds is 4. The van der Waals surface area contributed by atoms with Crippen LogP contribution in [-0.4, -0.2) is 48.1 Å². The van der Waals surface area contributed by atoms with Crippen molar-refractivity contribution in [3.63, 3.8) is 0 Å². The fourth-order valence-corrected chi connectivity index (χ4v) is 3.77. The zero-order valence-corrected chi connectivity index (χ0v) is 16.6. The quantitative estimate of drug-likeness (QED) is 0.671. The molecule has 152 valence electrons. The number of ether oxygens (including phenoxy) is 1. The molecule has 0 saturated carbocycles. The maximum Gasteiger partial charge on any atom is 0.223 e. The third-order valence-electron chi connectivity index (χ3n) is 5.14. The molecule has 0 aliphatic carbocycles. The van der Waals surface area contributed by atoms with E-state index in [9.17, 15) is 14.6 Å². The van der Waals surface area contributed by atoms with Gasteiger partial charge in [-0.2, -0.15) is 0 Å². The van der Waals surface area contributed by atoms with E-state index < -0.39 is 5.82 Å². The first-order valence-corrected chi connectivity index (χ1v) is 9.59. The molecule has 0 amide bonds. The van der Waals surface area contributed by atoms with E-state index in [0.29, 0.717) is 24.5 Å². The Morgan fingerprint density at radius 2 is 1.66 bits per heavy atom. The van der Waals surface area contributed by atoms with Crippen LogP contribution >= 0.6 is 11.6 Å². The molecule has 2 aromatic carbocycles. The number of halogens is 2. The second-order valence-electron chi connectivity index (χ2n) is 6.82. The molecular formula is C21H21ClFN3O3. The molecule has 0 atom stereocenters. The zero-order valence-electron chi connectivity index (χ0n) is 15.8. The summed E-state index contributed by atoms with van der Waals surface area (Å²) in [7, 11) is 1.64. The normalized spacial score (nSPS) is 14.3. The third kappa shape index (κ3) is 3.65. The molecule has 6 nitrogen and oxygen atoms in total. The molecule has 2 heterocycles. The largest absolute Gasteiger partial charge is 0.497 e. The Labute approximate surface area is 172 Å². The standard InChI is InChI=1S/C21H21ClFN3O3/c1-29-16-4-2-3-14(11-16)24-7-9-25(10-8-24)19-13-20(27)26(21(19)28)15-5-6-18(23)17(22)12-15/h2-6,11-13,27-28H,7-10H2,1H3. The maximum absolute atomic E-state index is 13.4. The number of aromatic hydroxyl groups is 2. The summed E-state index contributed by atoms with van der Waals surface area (Å²) in [5, 5.41) is 21.0. The van der Waals surface area contributed by atoms with Gasteiger partial charge in [0, 0.05) is 44.0 Å². The first-order chi connectivity index (χ1) is 14.0. The van der Waals surface area contributed by atoms with Gasteiger partial charge in [0.1, 0.15) is 17.3 Å². The van der Waals surface area contributed by atoms with Gasteiger partial charge in [-0.1, -0.05) is 17.7 Å². The van der Waals surface area contributed by atoms with Crippen LogP contribution in [0.1, 0.15) is 0 Å². The minimum atomic E-state index is -0.560. The van der Waals surface area contributed by atoms with Gasteiger partial charge in [-0.25, -0.2) is 8.96 Å². The van der Waals surface area contributed by atoms with Crippen LogP contribution in [0, 0.1) is 5.82 Å². The molecule has 3 aromatic rings. The van der Waals surface area contributed by atoms with Gasteiger partial charge < -0.3 is 24.7 Å². The van der Waals surface area contributed by atoms with Gasteiger partial charge in [-0.3, -0.25) is 0 Å². The maximum atomic E-state index is 13.4. The summed E-state index contributed by atoms with van der Waals surface area (Å²) in [5.74, 6) is -0.00613. The van der Waals surface area contributed by atoms with Crippen LogP contribution in [0.25, 0.3) is 5.69 Å². The number of benzene rings is 2. The Kier molecular flexibility index (Phi) is 5.15. The second-order valence-corrected chi connectivity index (χ2v) is 7.23. The number of hydrogen-bond acceptors (Lipinski definition) is 5. The van der Waals surface area contributed by atoms with Gasteiger partial charge in [0.05, 0.1) is 17.8 Å². The van der Waals surface area contributed by atoms with Gasteiger partial charge in [0.2, 0.25) is 11.8 Å². The van der Waals surface area contributed by atoms with Crippen LogP contribution in [0.15, 0.2) is 48.5 Å². The molecule has 4 rings (SSSR count). The summed E-state index contributed by atoms with van der Waals surface area (Å²) in [6, 6.07) is 13.4. The highest BCUT2D eigenvalue weighted by Gasteiger charge is 2.24. The molecule has 1 aliphatic rings. The van der Waals surface area contributed by atoms with Gasteiger partial charge in [-0.05, 0) is 30.3 Å². The Hall–Kier alpha value is -3.06. The topological polar surface area (TPSA) is 61.1 Å². The Morgan fingerprint density at radius 1 is 0.931 bits per heavy atom. The van der Waals surface area contributed by atoms with E-state index in [1.165, 1.54) is 28.8 Å². The van der Waals surface area contributed by atoms with Crippen LogP contribution < -0.4 is 14.5 Å². The molecule has 1 aromatic heterocycles. The average Bonchev–Trinajstić information content (AvgIpc) is 3.04. The van der Waals surface area contributed by atoms with E-state index in [0.717, 1.165) is 24.5 Å². The van der Waals surface area contributed by atoms with E-state index in [-0.39, 0.29) is 16.8 Å². The second kappa shape index (κ2) is 7.75. The fourth-order valence-electron chi connectivity index (χ4n) is 3.60. The Bertz CT molecular complexity index is 1030. The lowest BCUT2D eigenvalue weighted by atomic mass is 10.2. The molecule has 8 heteroatoms. The minimum Gasteiger partial charge on any atom is -0.497 e. The number of piperazine rings is 1. The van der Waals surface area contributed by atoms with E-state index in [2.05, 4.69) is 4.90 Å². The van der Waals surface area contributed by atoms with Crippen LogP contribution in [0.4, 0.5) is 15.8 Å². The van der Waals surface area contributed by atoms with Crippen molar-refractivity contribution in [1.82, 2.24) is 4.57 Å². The number of hydrogen-bond donors (Lipinski definition) is 2. The van der Waals surface area contributed by atoms with E-state index in [1.807, 2.05) is 29.2 Å². The Morgan fingerprint density at radius 3 is 2.34 bits per heavy atom. The van der Waals surface area contributed by atoms with Gasteiger partial charge >= 0.3 is 0 Å². The highest BCUT2D eigenvalue weighted by molar-refractivity contribution is 6.30. The molecule has 1 fully saturated rings. The summed E-state index contributed by atoms with van der Waals surface area (Å²) in [6.45, 7) is 2.83. The van der Waals surface area contributed by atoms with Crippen LogP contribution in [0.2, 0.25) is 5.02 Å². The number of anilines is 2. The molecular weight excluding hydrogens is 397 g/mol. The summed E-state index contributed by atoms with van der Waals surface area (Å²) in [6.07, 6.45) is 0. The monoisotopic (exact) mass is 417 g/mol. The zero-order chi connectivity index (χ0) is 20.5. The van der Waals surface area contributed by atoms with E-state index in [1.54, 1.807) is 7.11 Å². The van der Waals surface area contributed by atoms with E-state index in [4.69, 9.17) is 16.3 Å².